The van der Waals surface area contributed by atoms with Gasteiger partial charge in [-0.2, -0.15) is 0 Å². The molecular weight excluding hydrogens is 248 g/mol. The van der Waals surface area contributed by atoms with Gasteiger partial charge in [0.15, 0.2) is 0 Å². The minimum absolute atomic E-state index is 0.184. The third kappa shape index (κ3) is 5.64. The van der Waals surface area contributed by atoms with Crippen molar-refractivity contribution < 1.29 is 4.79 Å². The summed E-state index contributed by atoms with van der Waals surface area (Å²) in [7, 11) is 0. The summed E-state index contributed by atoms with van der Waals surface area (Å²) in [5, 5.41) is 0. The molecule has 0 radical (unpaired) electrons. The standard InChI is InChI=1S/C13H18N2O.2C2H6/c1-11-3-5-13(6-4-11)15-9-7-14(8-10-15)12(2)16;2*1-2/h3-6H,7-10H2,1-2H3;2*1-2H3. The van der Waals surface area contributed by atoms with Crippen LogP contribution in [-0.2, 0) is 4.79 Å². The predicted octanol–water partition coefficient (Wildman–Crippen LogP) is 3.72. The van der Waals surface area contributed by atoms with Crippen LogP contribution in [0.15, 0.2) is 24.3 Å². The van der Waals surface area contributed by atoms with Crippen LogP contribution in [-0.4, -0.2) is 37.0 Å². The zero-order valence-corrected chi connectivity index (χ0v) is 13.9. The summed E-state index contributed by atoms with van der Waals surface area (Å²) in [4.78, 5) is 15.4. The van der Waals surface area contributed by atoms with Crippen LogP contribution < -0.4 is 4.90 Å². The Balaban J connectivity index is 0.000000829. The number of nitrogens with zero attached hydrogens (tertiary/aromatic N) is 2. The lowest BCUT2D eigenvalue weighted by Gasteiger charge is -2.35. The monoisotopic (exact) mass is 278 g/mol. The number of carbonyl (C=O) groups is 1. The largest absolute Gasteiger partial charge is 0.368 e. The first-order valence-electron chi connectivity index (χ1n) is 7.74. The van der Waals surface area contributed by atoms with Gasteiger partial charge in [-0.15, -0.1) is 0 Å². The summed E-state index contributed by atoms with van der Waals surface area (Å²) in [5.74, 6) is 0.184. The highest BCUT2D eigenvalue weighted by atomic mass is 16.2. The first-order chi connectivity index (χ1) is 9.66. The molecule has 3 heteroatoms. The van der Waals surface area contributed by atoms with Crippen LogP contribution in [0.2, 0.25) is 0 Å². The quantitative estimate of drug-likeness (QED) is 0.781. The van der Waals surface area contributed by atoms with Crippen molar-refractivity contribution in [2.24, 2.45) is 0 Å². The summed E-state index contributed by atoms with van der Waals surface area (Å²) < 4.78 is 0. The van der Waals surface area contributed by atoms with Crippen LogP contribution in [0.4, 0.5) is 5.69 Å². The van der Waals surface area contributed by atoms with Crippen LogP contribution in [0.5, 0.6) is 0 Å². The van der Waals surface area contributed by atoms with Crippen LogP contribution in [0.1, 0.15) is 40.2 Å². The number of hydrogen-bond donors (Lipinski definition) is 0. The number of piperazine rings is 1. The zero-order chi connectivity index (χ0) is 15.5. The molecule has 0 aliphatic carbocycles. The van der Waals surface area contributed by atoms with E-state index in [-0.39, 0.29) is 5.91 Å². The Hall–Kier alpha value is -1.51. The Labute approximate surface area is 124 Å². The molecule has 3 nitrogen and oxygen atoms in total. The van der Waals surface area contributed by atoms with Gasteiger partial charge in [0.05, 0.1) is 0 Å². The van der Waals surface area contributed by atoms with E-state index in [0.29, 0.717) is 0 Å². The molecule has 1 aliphatic heterocycles. The van der Waals surface area contributed by atoms with E-state index in [1.807, 2.05) is 32.6 Å². The molecule has 0 saturated carbocycles. The van der Waals surface area contributed by atoms with E-state index < -0.39 is 0 Å². The Kier molecular flexibility index (Phi) is 9.52. The molecule has 1 aliphatic rings. The van der Waals surface area contributed by atoms with Crippen molar-refractivity contribution in [2.45, 2.75) is 41.5 Å². The summed E-state index contributed by atoms with van der Waals surface area (Å²) in [6, 6.07) is 8.57. The van der Waals surface area contributed by atoms with E-state index in [1.54, 1.807) is 6.92 Å². The first-order valence-corrected chi connectivity index (χ1v) is 7.74. The molecule has 2 rings (SSSR count). The molecule has 1 heterocycles. The van der Waals surface area contributed by atoms with Gasteiger partial charge in [0.1, 0.15) is 0 Å². The molecule has 0 bridgehead atoms. The molecule has 1 fully saturated rings. The second-order valence-electron chi connectivity index (χ2n) is 4.33. The Bertz CT molecular complexity index is 365. The number of rotatable bonds is 1. The summed E-state index contributed by atoms with van der Waals surface area (Å²) >= 11 is 0. The maximum Gasteiger partial charge on any atom is 0.219 e. The molecule has 0 spiro atoms. The Morgan fingerprint density at radius 1 is 0.900 bits per heavy atom. The van der Waals surface area contributed by atoms with Crippen molar-refractivity contribution in [3.05, 3.63) is 29.8 Å². The third-order valence-corrected chi connectivity index (χ3v) is 3.12. The predicted molar refractivity (Wildman–Crippen MR) is 88.3 cm³/mol. The lowest BCUT2D eigenvalue weighted by molar-refractivity contribution is -0.129. The van der Waals surface area contributed by atoms with Gasteiger partial charge in [-0.1, -0.05) is 45.4 Å². The summed E-state index contributed by atoms with van der Waals surface area (Å²) in [5.41, 5.74) is 2.54. The fraction of sp³-hybridized carbons (Fsp3) is 0.588. The van der Waals surface area contributed by atoms with Gasteiger partial charge < -0.3 is 9.80 Å². The average Bonchev–Trinajstić information content (AvgIpc) is 2.52. The topological polar surface area (TPSA) is 23.6 Å². The number of anilines is 1. The second-order valence-corrected chi connectivity index (χ2v) is 4.33. The number of hydrogen-bond acceptors (Lipinski definition) is 2. The third-order valence-electron chi connectivity index (χ3n) is 3.12. The van der Waals surface area contributed by atoms with E-state index >= 15 is 0 Å². The zero-order valence-electron chi connectivity index (χ0n) is 13.9. The number of aryl methyl sites for hydroxylation is 1. The number of carbonyl (C=O) groups excluding carboxylic acids is 1. The molecule has 1 aromatic rings. The van der Waals surface area contributed by atoms with Gasteiger partial charge in [0.2, 0.25) is 5.91 Å². The fourth-order valence-electron chi connectivity index (χ4n) is 2.04. The minimum Gasteiger partial charge on any atom is -0.368 e. The molecule has 20 heavy (non-hydrogen) atoms. The van der Waals surface area contributed by atoms with E-state index in [1.165, 1.54) is 11.3 Å². The van der Waals surface area contributed by atoms with E-state index in [9.17, 15) is 4.79 Å². The normalized spacial score (nSPS) is 13.7. The number of amides is 1. The molecule has 114 valence electrons. The highest BCUT2D eigenvalue weighted by molar-refractivity contribution is 5.73. The highest BCUT2D eigenvalue weighted by Gasteiger charge is 2.18. The highest BCUT2D eigenvalue weighted by Crippen LogP contribution is 2.16. The van der Waals surface area contributed by atoms with Gasteiger partial charge in [-0.25, -0.2) is 0 Å². The average molecular weight is 278 g/mol. The van der Waals surface area contributed by atoms with Gasteiger partial charge in [-0.3, -0.25) is 4.79 Å². The van der Waals surface area contributed by atoms with Crippen molar-refractivity contribution in [3.63, 3.8) is 0 Å². The van der Waals surface area contributed by atoms with Gasteiger partial charge in [0, 0.05) is 38.8 Å². The maximum atomic E-state index is 11.2. The fourth-order valence-corrected chi connectivity index (χ4v) is 2.04. The van der Waals surface area contributed by atoms with Crippen molar-refractivity contribution >= 4 is 11.6 Å². The van der Waals surface area contributed by atoms with E-state index in [0.717, 1.165) is 26.2 Å². The van der Waals surface area contributed by atoms with Crippen molar-refractivity contribution in [1.82, 2.24) is 4.90 Å². The van der Waals surface area contributed by atoms with E-state index in [4.69, 9.17) is 0 Å². The van der Waals surface area contributed by atoms with Crippen LogP contribution >= 0.6 is 0 Å². The minimum atomic E-state index is 0.184. The van der Waals surface area contributed by atoms with Gasteiger partial charge in [-0.05, 0) is 19.1 Å². The van der Waals surface area contributed by atoms with Gasteiger partial charge in [0.25, 0.3) is 0 Å². The molecule has 1 aromatic carbocycles. The van der Waals surface area contributed by atoms with Crippen molar-refractivity contribution in [1.29, 1.82) is 0 Å². The van der Waals surface area contributed by atoms with Crippen LogP contribution in [0.25, 0.3) is 0 Å². The SMILES string of the molecule is CC.CC.CC(=O)N1CCN(c2ccc(C)cc2)CC1. The Morgan fingerprint density at radius 3 is 1.75 bits per heavy atom. The van der Waals surface area contributed by atoms with Gasteiger partial charge >= 0.3 is 0 Å². The molecule has 0 aromatic heterocycles. The summed E-state index contributed by atoms with van der Waals surface area (Å²) in [6.07, 6.45) is 0. The lowest BCUT2D eigenvalue weighted by atomic mass is 10.2. The molecular formula is C17H30N2O. The molecule has 1 amide bonds. The lowest BCUT2D eigenvalue weighted by Crippen LogP contribution is -2.48. The maximum absolute atomic E-state index is 11.2. The molecule has 0 atom stereocenters. The van der Waals surface area contributed by atoms with E-state index in [2.05, 4.69) is 36.1 Å². The first kappa shape index (κ1) is 18.5. The van der Waals surface area contributed by atoms with Crippen molar-refractivity contribution in [2.75, 3.05) is 31.1 Å². The Morgan fingerprint density at radius 2 is 1.35 bits per heavy atom. The van der Waals surface area contributed by atoms with Crippen molar-refractivity contribution in [3.8, 4) is 0 Å². The molecule has 0 unspecified atom stereocenters. The second kappa shape index (κ2) is 10.3. The number of benzene rings is 1. The molecule has 0 N–H and O–H groups in total. The van der Waals surface area contributed by atoms with Crippen LogP contribution in [0, 0.1) is 6.92 Å². The summed E-state index contributed by atoms with van der Waals surface area (Å²) in [6.45, 7) is 15.3. The van der Waals surface area contributed by atoms with Crippen LogP contribution in [0.3, 0.4) is 0 Å². The smallest absolute Gasteiger partial charge is 0.219 e. The molecule has 1 saturated heterocycles.